The molecule has 2 unspecified atom stereocenters. The molecule has 2 atom stereocenters. The van der Waals surface area contributed by atoms with Crippen LogP contribution in [0.1, 0.15) is 25.7 Å². The molecule has 2 aliphatic rings. The zero-order valence-electron chi connectivity index (χ0n) is 14.1. The monoisotopic (exact) mass is 372 g/mol. The first kappa shape index (κ1) is 18.5. The number of ether oxygens (including phenoxy) is 2. The van der Waals surface area contributed by atoms with E-state index in [-0.39, 0.29) is 17.1 Å². The van der Waals surface area contributed by atoms with Gasteiger partial charge in [-0.1, -0.05) is 6.42 Å². The van der Waals surface area contributed by atoms with Crippen LogP contribution in [-0.2, 0) is 4.79 Å². The largest absolute Gasteiger partial charge is 0.497 e. The van der Waals surface area contributed by atoms with Gasteiger partial charge < -0.3 is 14.6 Å². The lowest BCUT2D eigenvalue weighted by atomic mass is 9.80. The Morgan fingerprint density at radius 3 is 2.58 bits per heavy atom. The van der Waals surface area contributed by atoms with Crippen molar-refractivity contribution < 1.29 is 32.5 Å². The summed E-state index contributed by atoms with van der Waals surface area (Å²) in [5.41, 5.74) is -3.10. The lowest BCUT2D eigenvalue weighted by molar-refractivity contribution is -0.317. The summed E-state index contributed by atoms with van der Waals surface area (Å²) < 4.78 is 51.0. The highest BCUT2D eigenvalue weighted by atomic mass is 19.4. The van der Waals surface area contributed by atoms with Crippen molar-refractivity contribution in [2.24, 2.45) is 11.0 Å². The number of hydrogen-bond acceptors (Lipinski definition) is 5. The first-order chi connectivity index (χ1) is 12.3. The summed E-state index contributed by atoms with van der Waals surface area (Å²) in [4.78, 5) is 12.4. The first-order valence-electron chi connectivity index (χ1n) is 8.23. The highest BCUT2D eigenvalue weighted by Crippen LogP contribution is 2.48. The van der Waals surface area contributed by atoms with Gasteiger partial charge in [0.1, 0.15) is 11.5 Å². The van der Waals surface area contributed by atoms with Gasteiger partial charge in [0, 0.05) is 5.71 Å². The normalized spacial score (nSPS) is 25.5. The number of aliphatic hydroxyl groups is 1. The molecule has 142 valence electrons. The third kappa shape index (κ3) is 3.11. The maximum absolute atomic E-state index is 13.6. The number of halogens is 3. The third-order valence-electron chi connectivity index (χ3n) is 4.69. The van der Waals surface area contributed by atoms with Crippen molar-refractivity contribution in [3.8, 4) is 11.5 Å². The number of hydrogen-bond donors (Lipinski definition) is 1. The van der Waals surface area contributed by atoms with Crippen molar-refractivity contribution in [1.29, 1.82) is 0 Å². The Kier molecular flexibility index (Phi) is 4.83. The number of amides is 1. The number of rotatable bonds is 4. The second-order valence-corrected chi connectivity index (χ2v) is 6.28. The van der Waals surface area contributed by atoms with Gasteiger partial charge in [-0.15, -0.1) is 0 Å². The number of nitrogens with zero attached hydrogens (tertiary/aromatic N) is 2. The van der Waals surface area contributed by atoms with Gasteiger partial charge in [-0.05, 0) is 43.5 Å². The SMILES string of the molecule is COc1ccc(OCC(=O)N2N=C3CCCCC3C2(O)C(F)(F)F)cc1. The minimum Gasteiger partial charge on any atom is -0.497 e. The summed E-state index contributed by atoms with van der Waals surface area (Å²) >= 11 is 0. The summed E-state index contributed by atoms with van der Waals surface area (Å²) in [6.07, 6.45) is -3.31. The summed E-state index contributed by atoms with van der Waals surface area (Å²) in [6, 6.07) is 6.24. The molecule has 1 N–H and O–H groups in total. The van der Waals surface area contributed by atoms with Gasteiger partial charge in [-0.25, -0.2) is 0 Å². The lowest BCUT2D eigenvalue weighted by Crippen LogP contribution is -2.62. The summed E-state index contributed by atoms with van der Waals surface area (Å²) in [5, 5.41) is 14.4. The Bertz CT molecular complexity index is 705. The Morgan fingerprint density at radius 1 is 1.31 bits per heavy atom. The van der Waals surface area contributed by atoms with E-state index in [0.29, 0.717) is 30.8 Å². The van der Waals surface area contributed by atoms with Crippen LogP contribution in [0.5, 0.6) is 11.5 Å². The average molecular weight is 372 g/mol. The molecular weight excluding hydrogens is 353 g/mol. The summed E-state index contributed by atoms with van der Waals surface area (Å²) in [7, 11) is 1.49. The highest BCUT2D eigenvalue weighted by Gasteiger charge is 2.68. The molecule has 1 amide bonds. The van der Waals surface area contributed by atoms with E-state index in [9.17, 15) is 23.1 Å². The predicted molar refractivity (Wildman–Crippen MR) is 85.7 cm³/mol. The second kappa shape index (κ2) is 6.79. The maximum Gasteiger partial charge on any atom is 0.439 e. The van der Waals surface area contributed by atoms with Crippen LogP contribution in [0.15, 0.2) is 29.4 Å². The quantitative estimate of drug-likeness (QED) is 0.882. The van der Waals surface area contributed by atoms with Crippen molar-refractivity contribution in [1.82, 2.24) is 5.01 Å². The molecule has 26 heavy (non-hydrogen) atoms. The fourth-order valence-electron chi connectivity index (χ4n) is 3.34. The van der Waals surface area contributed by atoms with Crippen LogP contribution in [0, 0.1) is 5.92 Å². The molecule has 0 saturated heterocycles. The van der Waals surface area contributed by atoms with Crippen LogP contribution >= 0.6 is 0 Å². The lowest BCUT2D eigenvalue weighted by Gasteiger charge is -2.38. The van der Waals surface area contributed by atoms with Crippen LogP contribution in [0.3, 0.4) is 0 Å². The van der Waals surface area contributed by atoms with E-state index in [1.807, 2.05) is 0 Å². The molecule has 0 spiro atoms. The van der Waals surface area contributed by atoms with Crippen molar-refractivity contribution in [3.63, 3.8) is 0 Å². The Labute approximate surface area is 148 Å². The molecule has 6 nitrogen and oxygen atoms in total. The van der Waals surface area contributed by atoms with Crippen molar-refractivity contribution in [2.45, 2.75) is 37.6 Å². The molecule has 1 fully saturated rings. The Hall–Kier alpha value is -2.29. The van der Waals surface area contributed by atoms with Gasteiger partial charge in [-0.3, -0.25) is 4.79 Å². The molecule has 1 aliphatic heterocycles. The molecule has 1 aliphatic carbocycles. The van der Waals surface area contributed by atoms with Gasteiger partial charge in [0.05, 0.1) is 13.0 Å². The van der Waals surface area contributed by atoms with E-state index in [0.717, 1.165) is 0 Å². The molecule has 0 aromatic heterocycles. The number of fused-ring (bicyclic) bond motifs is 1. The topological polar surface area (TPSA) is 71.4 Å². The zero-order valence-corrected chi connectivity index (χ0v) is 14.1. The molecule has 0 radical (unpaired) electrons. The smallest absolute Gasteiger partial charge is 0.439 e. The van der Waals surface area contributed by atoms with E-state index in [2.05, 4.69) is 5.10 Å². The standard InChI is InChI=1S/C17H19F3N2O4/c1-25-11-6-8-12(9-7-11)26-10-15(23)22-16(24,17(18,19)20)13-4-2-3-5-14(13)21-22/h6-9,13,24H,2-5,10H2,1H3. The number of hydrazone groups is 1. The molecule has 1 saturated carbocycles. The van der Waals surface area contributed by atoms with Crippen molar-refractivity contribution in [3.05, 3.63) is 24.3 Å². The van der Waals surface area contributed by atoms with E-state index < -0.39 is 30.3 Å². The van der Waals surface area contributed by atoms with E-state index in [4.69, 9.17) is 9.47 Å². The third-order valence-corrected chi connectivity index (χ3v) is 4.69. The minimum atomic E-state index is -5.02. The van der Waals surface area contributed by atoms with E-state index >= 15 is 0 Å². The fourth-order valence-corrected chi connectivity index (χ4v) is 3.34. The molecule has 3 rings (SSSR count). The van der Waals surface area contributed by atoms with Crippen LogP contribution in [0.2, 0.25) is 0 Å². The van der Waals surface area contributed by atoms with Gasteiger partial charge >= 0.3 is 6.18 Å². The average Bonchev–Trinajstić information content (AvgIpc) is 2.94. The number of carbonyl (C=O) groups excluding carboxylic acids is 1. The summed E-state index contributed by atoms with van der Waals surface area (Å²) in [5.74, 6) is -1.41. The number of methoxy groups -OCH3 is 1. The fraction of sp³-hybridized carbons (Fsp3) is 0.529. The van der Waals surface area contributed by atoms with Crippen LogP contribution < -0.4 is 9.47 Å². The van der Waals surface area contributed by atoms with Gasteiger partial charge in [0.15, 0.2) is 6.61 Å². The van der Waals surface area contributed by atoms with Crippen LogP contribution in [0.25, 0.3) is 0 Å². The van der Waals surface area contributed by atoms with Crippen molar-refractivity contribution >= 4 is 11.6 Å². The second-order valence-electron chi connectivity index (χ2n) is 6.28. The van der Waals surface area contributed by atoms with Gasteiger partial charge in [-0.2, -0.15) is 23.3 Å². The van der Waals surface area contributed by atoms with Crippen molar-refractivity contribution in [2.75, 3.05) is 13.7 Å². The molecule has 1 aromatic carbocycles. The highest BCUT2D eigenvalue weighted by molar-refractivity contribution is 5.93. The van der Waals surface area contributed by atoms with Crippen LogP contribution in [0.4, 0.5) is 13.2 Å². The van der Waals surface area contributed by atoms with Gasteiger partial charge in [0.25, 0.3) is 11.6 Å². The first-order valence-corrected chi connectivity index (χ1v) is 8.23. The molecule has 0 bridgehead atoms. The van der Waals surface area contributed by atoms with E-state index in [1.165, 1.54) is 19.2 Å². The Balaban J connectivity index is 1.76. The summed E-state index contributed by atoms with van der Waals surface area (Å²) in [6.45, 7) is -0.672. The van der Waals surface area contributed by atoms with Gasteiger partial charge in [0.2, 0.25) is 0 Å². The molecule has 9 heteroatoms. The molecular formula is C17H19F3N2O4. The molecule has 1 aromatic rings. The Morgan fingerprint density at radius 2 is 1.96 bits per heavy atom. The number of alkyl halides is 3. The van der Waals surface area contributed by atoms with Crippen LogP contribution in [-0.4, -0.2) is 47.4 Å². The maximum atomic E-state index is 13.6. The minimum absolute atomic E-state index is 0.137. The predicted octanol–water partition coefficient (Wildman–Crippen LogP) is 2.71. The van der Waals surface area contributed by atoms with E-state index in [1.54, 1.807) is 12.1 Å². The number of benzene rings is 1. The zero-order chi connectivity index (χ0) is 18.9. The number of carbonyl (C=O) groups is 1. The molecule has 1 heterocycles.